The summed E-state index contributed by atoms with van der Waals surface area (Å²) in [6.07, 6.45) is 1.41. The van der Waals surface area contributed by atoms with Crippen LogP contribution in [0.15, 0.2) is 35.3 Å². The van der Waals surface area contributed by atoms with E-state index in [1.54, 1.807) is 30.0 Å². The SMILES string of the molecule is Cc1cc(=O)c(C(=O)Nc2cccc(Cl)c2N(C)C)c[nH]1. The predicted octanol–water partition coefficient (Wildman–Crippen LogP) is 2.66. The molecule has 0 atom stereocenters. The van der Waals surface area contributed by atoms with Crippen molar-refractivity contribution < 1.29 is 4.79 Å². The number of benzene rings is 1. The van der Waals surface area contributed by atoms with Gasteiger partial charge in [0.1, 0.15) is 5.56 Å². The van der Waals surface area contributed by atoms with E-state index in [0.29, 0.717) is 22.1 Å². The molecule has 0 aliphatic rings. The second-order valence-corrected chi connectivity index (χ2v) is 5.29. The van der Waals surface area contributed by atoms with Crippen molar-refractivity contribution in [1.82, 2.24) is 4.98 Å². The van der Waals surface area contributed by atoms with Gasteiger partial charge >= 0.3 is 0 Å². The number of pyridine rings is 1. The summed E-state index contributed by atoms with van der Waals surface area (Å²) in [4.78, 5) is 28.7. The van der Waals surface area contributed by atoms with Gasteiger partial charge in [0.15, 0.2) is 5.43 Å². The number of amides is 1. The van der Waals surface area contributed by atoms with Crippen LogP contribution in [0.3, 0.4) is 0 Å². The molecule has 1 heterocycles. The third kappa shape index (κ3) is 3.25. The Hall–Kier alpha value is -2.27. The number of aromatic nitrogens is 1. The number of aryl methyl sites for hydroxylation is 1. The van der Waals surface area contributed by atoms with Gasteiger partial charge < -0.3 is 15.2 Å². The van der Waals surface area contributed by atoms with Crippen molar-refractivity contribution in [2.24, 2.45) is 0 Å². The monoisotopic (exact) mass is 305 g/mol. The van der Waals surface area contributed by atoms with E-state index in [-0.39, 0.29) is 11.0 Å². The molecule has 0 saturated heterocycles. The molecule has 0 aliphatic carbocycles. The number of nitrogens with zero attached hydrogens (tertiary/aromatic N) is 1. The van der Waals surface area contributed by atoms with Crippen LogP contribution in [0.5, 0.6) is 0 Å². The minimum atomic E-state index is -0.471. The summed E-state index contributed by atoms with van der Waals surface area (Å²) in [6, 6.07) is 6.61. The van der Waals surface area contributed by atoms with E-state index >= 15 is 0 Å². The average molecular weight is 306 g/mol. The van der Waals surface area contributed by atoms with Crippen LogP contribution in [0.25, 0.3) is 0 Å². The van der Waals surface area contributed by atoms with E-state index in [4.69, 9.17) is 11.6 Å². The molecule has 5 nitrogen and oxygen atoms in total. The zero-order chi connectivity index (χ0) is 15.6. The minimum absolute atomic E-state index is 0.0604. The first kappa shape index (κ1) is 15.1. The maximum Gasteiger partial charge on any atom is 0.261 e. The molecule has 2 N–H and O–H groups in total. The lowest BCUT2D eigenvalue weighted by Crippen LogP contribution is -2.23. The third-order valence-corrected chi connectivity index (χ3v) is 3.29. The summed E-state index contributed by atoms with van der Waals surface area (Å²) in [5.74, 6) is -0.471. The van der Waals surface area contributed by atoms with Crippen molar-refractivity contribution in [2.45, 2.75) is 6.92 Å². The minimum Gasteiger partial charge on any atom is -0.375 e. The number of carbonyl (C=O) groups is 1. The normalized spacial score (nSPS) is 10.3. The zero-order valence-corrected chi connectivity index (χ0v) is 12.8. The fourth-order valence-corrected chi connectivity index (χ4v) is 2.35. The van der Waals surface area contributed by atoms with Crippen molar-refractivity contribution >= 4 is 28.9 Å². The molecule has 1 aromatic carbocycles. The van der Waals surface area contributed by atoms with Gasteiger partial charge in [-0.25, -0.2) is 0 Å². The Bertz CT molecular complexity index is 738. The quantitative estimate of drug-likeness (QED) is 0.916. The second kappa shape index (κ2) is 6.01. The van der Waals surface area contributed by atoms with Gasteiger partial charge in [0.05, 0.1) is 16.4 Å². The fourth-order valence-electron chi connectivity index (χ4n) is 2.01. The van der Waals surface area contributed by atoms with E-state index in [2.05, 4.69) is 10.3 Å². The Morgan fingerprint density at radius 1 is 1.33 bits per heavy atom. The lowest BCUT2D eigenvalue weighted by molar-refractivity contribution is 0.102. The van der Waals surface area contributed by atoms with Gasteiger partial charge in [0, 0.05) is 32.1 Å². The molecule has 21 heavy (non-hydrogen) atoms. The van der Waals surface area contributed by atoms with E-state index in [1.807, 2.05) is 14.1 Å². The highest BCUT2D eigenvalue weighted by atomic mass is 35.5. The number of H-pyrrole nitrogens is 1. The molecule has 2 rings (SSSR count). The first-order chi connectivity index (χ1) is 9.90. The summed E-state index contributed by atoms with van der Waals surface area (Å²) in [5.41, 5.74) is 1.68. The van der Waals surface area contributed by atoms with Crippen LogP contribution in [0.2, 0.25) is 5.02 Å². The molecule has 2 aromatic rings. The van der Waals surface area contributed by atoms with E-state index in [0.717, 1.165) is 0 Å². The van der Waals surface area contributed by atoms with E-state index in [1.165, 1.54) is 12.3 Å². The van der Waals surface area contributed by atoms with Crippen molar-refractivity contribution in [1.29, 1.82) is 0 Å². The van der Waals surface area contributed by atoms with E-state index < -0.39 is 5.91 Å². The maximum atomic E-state index is 12.2. The standard InChI is InChI=1S/C15H16ClN3O2/c1-9-7-13(20)10(8-17-9)15(21)18-12-6-4-5-11(16)14(12)19(2)3/h4-8H,1-3H3,(H,17,20)(H,18,21). The summed E-state index contributed by atoms with van der Waals surface area (Å²) >= 11 is 6.15. The summed E-state index contributed by atoms with van der Waals surface area (Å²) in [7, 11) is 3.66. The molecule has 1 aromatic heterocycles. The largest absolute Gasteiger partial charge is 0.375 e. The van der Waals surface area contributed by atoms with Crippen molar-refractivity contribution in [3.05, 3.63) is 57.0 Å². The molecular formula is C15H16ClN3O2. The number of para-hydroxylation sites is 1. The molecule has 1 amide bonds. The summed E-state index contributed by atoms with van der Waals surface area (Å²) < 4.78 is 0. The van der Waals surface area contributed by atoms with Gasteiger partial charge in [-0.15, -0.1) is 0 Å². The number of nitrogens with one attached hydrogen (secondary N) is 2. The molecule has 0 saturated carbocycles. The topological polar surface area (TPSA) is 65.2 Å². The van der Waals surface area contributed by atoms with E-state index in [9.17, 15) is 9.59 Å². The smallest absolute Gasteiger partial charge is 0.261 e. The second-order valence-electron chi connectivity index (χ2n) is 4.88. The highest BCUT2D eigenvalue weighted by Crippen LogP contribution is 2.32. The number of halogens is 1. The predicted molar refractivity (Wildman–Crippen MR) is 85.5 cm³/mol. The van der Waals surface area contributed by atoms with Gasteiger partial charge in [-0.05, 0) is 19.1 Å². The number of rotatable bonds is 3. The lowest BCUT2D eigenvalue weighted by Gasteiger charge is -2.19. The average Bonchev–Trinajstić information content (AvgIpc) is 2.37. The molecule has 0 aliphatic heterocycles. The van der Waals surface area contributed by atoms with Crippen LogP contribution in [-0.2, 0) is 0 Å². The number of carbonyl (C=O) groups excluding carboxylic acids is 1. The van der Waals surface area contributed by atoms with Crippen molar-refractivity contribution in [3.8, 4) is 0 Å². The van der Waals surface area contributed by atoms with Crippen LogP contribution < -0.4 is 15.6 Å². The molecule has 0 radical (unpaired) electrons. The molecular weight excluding hydrogens is 290 g/mol. The summed E-state index contributed by atoms with van der Waals surface area (Å²) in [6.45, 7) is 1.75. The van der Waals surface area contributed by atoms with Crippen molar-refractivity contribution in [3.63, 3.8) is 0 Å². The van der Waals surface area contributed by atoms with Crippen molar-refractivity contribution in [2.75, 3.05) is 24.3 Å². The van der Waals surface area contributed by atoms with Gasteiger partial charge in [-0.3, -0.25) is 9.59 Å². The number of hydrogen-bond donors (Lipinski definition) is 2. The Balaban J connectivity index is 2.36. The van der Waals surface area contributed by atoms with Gasteiger partial charge in [0.25, 0.3) is 5.91 Å². The van der Waals surface area contributed by atoms with Crippen LogP contribution in [0.1, 0.15) is 16.1 Å². The Kier molecular flexibility index (Phi) is 4.33. The van der Waals surface area contributed by atoms with Crippen LogP contribution >= 0.6 is 11.6 Å². The third-order valence-electron chi connectivity index (χ3n) is 2.98. The Labute approximate surface area is 127 Å². The molecule has 110 valence electrons. The highest BCUT2D eigenvalue weighted by molar-refractivity contribution is 6.34. The van der Waals surface area contributed by atoms with Crippen LogP contribution in [-0.4, -0.2) is 25.0 Å². The number of hydrogen-bond acceptors (Lipinski definition) is 3. The first-order valence-electron chi connectivity index (χ1n) is 6.36. The fraction of sp³-hybridized carbons (Fsp3) is 0.200. The van der Waals surface area contributed by atoms with Gasteiger partial charge in [-0.1, -0.05) is 17.7 Å². The Morgan fingerprint density at radius 2 is 2.05 bits per heavy atom. The van der Waals surface area contributed by atoms with Gasteiger partial charge in [0.2, 0.25) is 0 Å². The molecule has 0 fully saturated rings. The molecule has 0 unspecified atom stereocenters. The molecule has 0 spiro atoms. The van der Waals surface area contributed by atoms with Crippen LogP contribution in [0, 0.1) is 6.92 Å². The lowest BCUT2D eigenvalue weighted by atomic mass is 10.2. The summed E-state index contributed by atoms with van der Waals surface area (Å²) in [5, 5.41) is 3.25. The highest BCUT2D eigenvalue weighted by Gasteiger charge is 2.15. The number of anilines is 2. The maximum absolute atomic E-state index is 12.2. The molecule has 6 heteroatoms. The Morgan fingerprint density at radius 3 is 2.67 bits per heavy atom. The van der Waals surface area contributed by atoms with Crippen LogP contribution in [0.4, 0.5) is 11.4 Å². The zero-order valence-electron chi connectivity index (χ0n) is 12.0. The first-order valence-corrected chi connectivity index (χ1v) is 6.74. The molecule has 0 bridgehead atoms. The number of aromatic amines is 1. The van der Waals surface area contributed by atoms with Gasteiger partial charge in [-0.2, -0.15) is 0 Å².